The number of para-hydroxylation sites is 2. The summed E-state index contributed by atoms with van der Waals surface area (Å²) in [6, 6.07) is 8.24. The number of thiazole rings is 1. The van der Waals surface area contributed by atoms with E-state index in [2.05, 4.69) is 15.3 Å². The number of fused-ring (bicyclic) bond motifs is 1. The molecule has 24 heavy (non-hydrogen) atoms. The maximum Gasteiger partial charge on any atom is 0.240 e. The van der Waals surface area contributed by atoms with Gasteiger partial charge in [0.15, 0.2) is 5.82 Å². The fourth-order valence-electron chi connectivity index (χ4n) is 3.42. The van der Waals surface area contributed by atoms with E-state index in [1.807, 2.05) is 34.2 Å². The number of aromatic nitrogens is 3. The van der Waals surface area contributed by atoms with Crippen LogP contribution in [0.5, 0.6) is 0 Å². The molecule has 1 fully saturated rings. The van der Waals surface area contributed by atoms with E-state index < -0.39 is 0 Å². The molecule has 0 unspecified atom stereocenters. The first-order chi connectivity index (χ1) is 11.8. The fourth-order valence-corrected chi connectivity index (χ4v) is 3.95. The van der Waals surface area contributed by atoms with Crippen LogP contribution in [0.3, 0.4) is 0 Å². The molecular formula is C18H20N4OS. The first-order valence-corrected chi connectivity index (χ1v) is 9.39. The van der Waals surface area contributed by atoms with Gasteiger partial charge in [0.05, 0.1) is 16.5 Å². The van der Waals surface area contributed by atoms with Crippen LogP contribution in [0.1, 0.15) is 32.1 Å². The molecule has 0 aliphatic heterocycles. The third-order valence-electron chi connectivity index (χ3n) is 4.59. The van der Waals surface area contributed by atoms with Crippen LogP contribution in [0.15, 0.2) is 35.2 Å². The molecule has 1 aliphatic carbocycles. The van der Waals surface area contributed by atoms with E-state index in [0.29, 0.717) is 6.04 Å². The van der Waals surface area contributed by atoms with Gasteiger partial charge in [-0.2, -0.15) is 0 Å². The number of rotatable bonds is 4. The van der Waals surface area contributed by atoms with Crippen molar-refractivity contribution >= 4 is 28.3 Å². The van der Waals surface area contributed by atoms with Crippen LogP contribution in [0.4, 0.5) is 0 Å². The number of amides is 1. The lowest BCUT2D eigenvalue weighted by atomic mass is 9.95. The van der Waals surface area contributed by atoms with Crippen molar-refractivity contribution in [2.24, 2.45) is 0 Å². The second-order valence-electron chi connectivity index (χ2n) is 6.29. The van der Waals surface area contributed by atoms with Crippen LogP contribution in [0.2, 0.25) is 0 Å². The van der Waals surface area contributed by atoms with Crippen molar-refractivity contribution in [1.82, 2.24) is 19.9 Å². The molecule has 1 saturated carbocycles. The summed E-state index contributed by atoms with van der Waals surface area (Å²) in [5.74, 6) is 0.817. The summed E-state index contributed by atoms with van der Waals surface area (Å²) >= 11 is 1.54. The Balaban J connectivity index is 1.62. The maximum absolute atomic E-state index is 12.6. The van der Waals surface area contributed by atoms with Crippen molar-refractivity contribution in [3.63, 3.8) is 0 Å². The zero-order chi connectivity index (χ0) is 16.4. The van der Waals surface area contributed by atoms with Gasteiger partial charge in [-0.25, -0.2) is 9.97 Å². The molecule has 1 aromatic carbocycles. The van der Waals surface area contributed by atoms with Gasteiger partial charge in [0.2, 0.25) is 5.91 Å². The lowest BCUT2D eigenvalue weighted by Crippen LogP contribution is -2.38. The molecule has 2 aromatic heterocycles. The molecule has 5 nitrogen and oxygen atoms in total. The van der Waals surface area contributed by atoms with E-state index in [4.69, 9.17) is 0 Å². The summed E-state index contributed by atoms with van der Waals surface area (Å²) in [4.78, 5) is 21.6. The summed E-state index contributed by atoms with van der Waals surface area (Å²) < 4.78 is 1.97. The van der Waals surface area contributed by atoms with Crippen molar-refractivity contribution in [3.05, 3.63) is 35.2 Å². The zero-order valence-electron chi connectivity index (χ0n) is 13.4. The normalized spacial score (nSPS) is 15.7. The number of nitrogens with zero attached hydrogens (tertiary/aromatic N) is 3. The van der Waals surface area contributed by atoms with Gasteiger partial charge >= 0.3 is 0 Å². The largest absolute Gasteiger partial charge is 0.352 e. The number of hydrogen-bond donors (Lipinski definition) is 1. The first kappa shape index (κ1) is 15.3. The van der Waals surface area contributed by atoms with E-state index >= 15 is 0 Å². The van der Waals surface area contributed by atoms with Gasteiger partial charge in [-0.15, -0.1) is 11.3 Å². The average molecular weight is 340 g/mol. The van der Waals surface area contributed by atoms with Crippen molar-refractivity contribution in [3.8, 4) is 11.5 Å². The highest BCUT2D eigenvalue weighted by atomic mass is 32.1. The van der Waals surface area contributed by atoms with Crippen molar-refractivity contribution in [2.45, 2.75) is 44.7 Å². The van der Waals surface area contributed by atoms with Crippen LogP contribution in [-0.4, -0.2) is 26.5 Å². The van der Waals surface area contributed by atoms with Crippen LogP contribution in [-0.2, 0) is 11.3 Å². The highest BCUT2D eigenvalue weighted by molar-refractivity contribution is 7.07. The molecule has 0 radical (unpaired) electrons. The molecule has 1 N–H and O–H groups in total. The minimum atomic E-state index is 0.0570. The Kier molecular flexibility index (Phi) is 4.30. The predicted molar refractivity (Wildman–Crippen MR) is 95.9 cm³/mol. The van der Waals surface area contributed by atoms with E-state index in [1.54, 1.807) is 5.51 Å². The van der Waals surface area contributed by atoms with Crippen molar-refractivity contribution < 1.29 is 4.79 Å². The Morgan fingerprint density at radius 2 is 2.08 bits per heavy atom. The second kappa shape index (κ2) is 6.73. The maximum atomic E-state index is 12.6. The molecular weight excluding hydrogens is 320 g/mol. The summed E-state index contributed by atoms with van der Waals surface area (Å²) in [5, 5.41) is 5.16. The Morgan fingerprint density at radius 3 is 2.88 bits per heavy atom. The fraction of sp³-hybridized carbons (Fsp3) is 0.389. The summed E-state index contributed by atoms with van der Waals surface area (Å²) in [5.41, 5.74) is 4.48. The summed E-state index contributed by atoms with van der Waals surface area (Å²) in [6.07, 6.45) is 5.89. The topological polar surface area (TPSA) is 59.8 Å². The molecule has 2 heterocycles. The monoisotopic (exact) mass is 340 g/mol. The third kappa shape index (κ3) is 3.06. The molecule has 4 rings (SSSR count). The van der Waals surface area contributed by atoms with Gasteiger partial charge in [-0.05, 0) is 25.0 Å². The van der Waals surface area contributed by atoms with E-state index in [9.17, 15) is 4.79 Å². The van der Waals surface area contributed by atoms with E-state index in [0.717, 1.165) is 35.4 Å². The highest BCUT2D eigenvalue weighted by Gasteiger charge is 2.19. The molecule has 0 saturated heterocycles. The van der Waals surface area contributed by atoms with Crippen molar-refractivity contribution in [1.29, 1.82) is 0 Å². The number of benzene rings is 1. The number of hydrogen-bond acceptors (Lipinski definition) is 4. The summed E-state index contributed by atoms with van der Waals surface area (Å²) in [6.45, 7) is 0.282. The molecule has 0 atom stereocenters. The van der Waals surface area contributed by atoms with Crippen LogP contribution in [0, 0.1) is 0 Å². The van der Waals surface area contributed by atoms with Gasteiger partial charge in [0.25, 0.3) is 0 Å². The van der Waals surface area contributed by atoms with Gasteiger partial charge < -0.3 is 9.88 Å². The number of carbonyl (C=O) groups excluding carboxylic acids is 1. The highest BCUT2D eigenvalue weighted by Crippen LogP contribution is 2.24. The lowest BCUT2D eigenvalue weighted by molar-refractivity contribution is -0.122. The second-order valence-corrected chi connectivity index (χ2v) is 7.01. The van der Waals surface area contributed by atoms with Crippen LogP contribution in [0.25, 0.3) is 22.6 Å². The molecule has 0 bridgehead atoms. The minimum absolute atomic E-state index is 0.0570. The molecule has 3 aromatic rings. The standard InChI is InChI=1S/C18H20N4OS/c23-17(20-13-6-2-1-3-7-13)10-22-16-9-5-4-8-14(16)21-18(22)15-11-24-12-19-15/h4-5,8-9,11-13H,1-3,6-7,10H2,(H,20,23). The molecule has 0 spiro atoms. The average Bonchev–Trinajstić information content (AvgIpc) is 3.24. The number of nitrogens with one attached hydrogen (secondary N) is 1. The van der Waals surface area contributed by atoms with Gasteiger partial charge in [-0.3, -0.25) is 4.79 Å². The van der Waals surface area contributed by atoms with Gasteiger partial charge in [-0.1, -0.05) is 31.4 Å². The Bertz CT molecular complexity index is 834. The first-order valence-electron chi connectivity index (χ1n) is 8.44. The smallest absolute Gasteiger partial charge is 0.240 e. The third-order valence-corrected chi connectivity index (χ3v) is 5.17. The lowest BCUT2D eigenvalue weighted by Gasteiger charge is -2.23. The van der Waals surface area contributed by atoms with Crippen LogP contribution < -0.4 is 5.32 Å². The number of imidazole rings is 1. The predicted octanol–water partition coefficient (Wildman–Crippen LogP) is 3.61. The number of carbonyl (C=O) groups is 1. The quantitative estimate of drug-likeness (QED) is 0.789. The summed E-state index contributed by atoms with van der Waals surface area (Å²) in [7, 11) is 0. The van der Waals surface area contributed by atoms with Gasteiger partial charge in [0, 0.05) is 11.4 Å². The van der Waals surface area contributed by atoms with E-state index in [-0.39, 0.29) is 12.5 Å². The van der Waals surface area contributed by atoms with E-state index in [1.165, 1.54) is 30.6 Å². The minimum Gasteiger partial charge on any atom is -0.352 e. The zero-order valence-corrected chi connectivity index (χ0v) is 14.3. The Labute approximate surface area is 144 Å². The Morgan fingerprint density at radius 1 is 1.25 bits per heavy atom. The van der Waals surface area contributed by atoms with Gasteiger partial charge in [0.1, 0.15) is 12.2 Å². The van der Waals surface area contributed by atoms with Crippen molar-refractivity contribution in [2.75, 3.05) is 0 Å². The molecule has 124 valence electrons. The molecule has 1 amide bonds. The Hall–Kier alpha value is -2.21. The SMILES string of the molecule is O=C(Cn1c(-c2cscn2)nc2ccccc21)NC1CCCCC1. The molecule has 1 aliphatic rings. The molecule has 6 heteroatoms. The van der Waals surface area contributed by atoms with Crippen LogP contribution >= 0.6 is 11.3 Å².